The highest BCUT2D eigenvalue weighted by Crippen LogP contribution is 2.35. The van der Waals surface area contributed by atoms with Gasteiger partial charge in [-0.1, -0.05) is 34.1 Å². The lowest BCUT2D eigenvalue weighted by Gasteiger charge is -2.36. The van der Waals surface area contributed by atoms with Gasteiger partial charge in [0.1, 0.15) is 11.9 Å². The number of ether oxygens (including phenoxy) is 2. The zero-order valence-corrected chi connectivity index (χ0v) is 18.2. The number of carbonyl (C=O) groups is 1. The van der Waals surface area contributed by atoms with Gasteiger partial charge >= 0.3 is 5.97 Å². The Labute approximate surface area is 168 Å². The van der Waals surface area contributed by atoms with E-state index < -0.39 is 0 Å². The number of aromatic nitrogens is 2. The minimum Gasteiger partial charge on any atom is -0.497 e. The van der Waals surface area contributed by atoms with Crippen molar-refractivity contribution in [3.63, 3.8) is 0 Å². The highest BCUT2D eigenvalue weighted by molar-refractivity contribution is 5.75. The summed E-state index contributed by atoms with van der Waals surface area (Å²) < 4.78 is 15.7. The first kappa shape index (κ1) is 20.7. The third-order valence-corrected chi connectivity index (χ3v) is 6.38. The second kappa shape index (κ2) is 8.54. The van der Waals surface area contributed by atoms with Crippen LogP contribution in [0.5, 0.6) is 5.75 Å². The van der Waals surface area contributed by atoms with E-state index in [1.807, 2.05) is 25.2 Å². The summed E-state index contributed by atoms with van der Waals surface area (Å²) in [5.41, 5.74) is 2.10. The number of hydrogen-bond acceptors (Lipinski definition) is 3. The van der Waals surface area contributed by atoms with Gasteiger partial charge in [0.05, 0.1) is 14.2 Å². The Morgan fingerprint density at radius 1 is 1.32 bits per heavy atom. The van der Waals surface area contributed by atoms with E-state index in [0.29, 0.717) is 17.8 Å². The Hall–Kier alpha value is -2.04. The summed E-state index contributed by atoms with van der Waals surface area (Å²) in [4.78, 5) is 12.9. The molecule has 28 heavy (non-hydrogen) atoms. The number of esters is 1. The maximum absolute atomic E-state index is 12.9. The second-order valence-corrected chi connectivity index (χ2v) is 8.62. The van der Waals surface area contributed by atoms with Gasteiger partial charge in [-0.25, -0.2) is 13.9 Å². The molecular weight excluding hydrogens is 352 g/mol. The highest BCUT2D eigenvalue weighted by atomic mass is 16.5. The van der Waals surface area contributed by atoms with Crippen LogP contribution >= 0.6 is 0 Å². The summed E-state index contributed by atoms with van der Waals surface area (Å²) in [5.74, 6) is 3.42. The average Bonchev–Trinajstić information content (AvgIpc) is 2.92. The van der Waals surface area contributed by atoms with Gasteiger partial charge in [0.2, 0.25) is 0 Å². The zero-order chi connectivity index (χ0) is 20.4. The number of fused-ring (bicyclic) bond motifs is 1. The van der Waals surface area contributed by atoms with E-state index in [2.05, 4.69) is 36.8 Å². The summed E-state index contributed by atoms with van der Waals surface area (Å²) in [5, 5.41) is 0. The molecule has 0 unspecified atom stereocenters. The quantitative estimate of drug-likeness (QED) is 0.555. The van der Waals surface area contributed by atoms with E-state index in [4.69, 9.17) is 9.47 Å². The summed E-state index contributed by atoms with van der Waals surface area (Å²) in [7, 11) is 3.71. The van der Waals surface area contributed by atoms with E-state index in [1.165, 1.54) is 6.42 Å². The lowest BCUT2D eigenvalue weighted by Crippen LogP contribution is -2.44. The first-order valence-electron chi connectivity index (χ1n) is 10.6. The highest BCUT2D eigenvalue weighted by Gasteiger charge is 2.34. The fraction of sp³-hybridized carbons (Fsp3) is 0.652. The molecule has 1 aromatic heterocycles. The first-order chi connectivity index (χ1) is 13.3. The van der Waals surface area contributed by atoms with Crippen molar-refractivity contribution in [2.75, 3.05) is 7.11 Å². The Bertz CT molecular complexity index is 840. The molecule has 0 radical (unpaired) electrons. The molecule has 1 heterocycles. The smallest absolute Gasteiger partial charge is 0.348 e. The maximum atomic E-state index is 12.9. The van der Waals surface area contributed by atoms with Crippen LogP contribution in [0.4, 0.5) is 0 Å². The standard InChI is InChI=1S/C23H35N2O3/c1-7-22-24(5)20-13-17(27-6)9-11-19(20)25(22)14-23(26)28-21-12-16(4)8-10-18(21)15(2)3/h9,11,13,15-16,18,21H,7-8,10,12,14H2,1-6H3/q+1/t16-,18+,21-/m1/s1. The molecule has 154 valence electrons. The van der Waals surface area contributed by atoms with Gasteiger partial charge in [0.15, 0.2) is 17.6 Å². The average molecular weight is 388 g/mol. The number of nitrogens with zero attached hydrogens (tertiary/aromatic N) is 2. The molecule has 1 fully saturated rings. The molecule has 2 aromatic rings. The molecule has 1 saturated carbocycles. The second-order valence-electron chi connectivity index (χ2n) is 8.62. The van der Waals surface area contributed by atoms with Crippen molar-refractivity contribution in [3.05, 3.63) is 24.0 Å². The summed E-state index contributed by atoms with van der Waals surface area (Å²) in [6.07, 6.45) is 4.24. The van der Waals surface area contributed by atoms with Crippen molar-refractivity contribution >= 4 is 17.0 Å². The van der Waals surface area contributed by atoms with E-state index in [-0.39, 0.29) is 18.6 Å². The predicted octanol–water partition coefficient (Wildman–Crippen LogP) is 4.04. The van der Waals surface area contributed by atoms with Gasteiger partial charge in [-0.05, 0) is 42.7 Å². The molecule has 3 rings (SSSR count). The SMILES string of the molecule is CCc1n(C)c2cc(OC)ccc2[n+]1CC(=O)O[C@@H]1C[C@H](C)CC[C@H]1C(C)C. The molecule has 3 atom stereocenters. The van der Waals surface area contributed by atoms with Gasteiger partial charge in [-0.15, -0.1) is 0 Å². The van der Waals surface area contributed by atoms with Crippen molar-refractivity contribution in [2.24, 2.45) is 24.8 Å². The molecule has 0 bridgehead atoms. The van der Waals surface area contributed by atoms with Gasteiger partial charge in [-0.3, -0.25) is 0 Å². The molecule has 1 aliphatic rings. The first-order valence-corrected chi connectivity index (χ1v) is 10.6. The Morgan fingerprint density at radius 3 is 2.71 bits per heavy atom. The molecule has 0 spiro atoms. The summed E-state index contributed by atoms with van der Waals surface area (Å²) >= 11 is 0. The largest absolute Gasteiger partial charge is 0.497 e. The fourth-order valence-electron chi connectivity index (χ4n) is 4.78. The molecule has 0 saturated heterocycles. The number of aryl methyl sites for hydroxylation is 1. The lowest BCUT2D eigenvalue weighted by molar-refractivity contribution is -0.668. The van der Waals surface area contributed by atoms with Gasteiger partial charge in [-0.2, -0.15) is 0 Å². The van der Waals surface area contributed by atoms with Crippen molar-refractivity contribution in [1.82, 2.24) is 4.57 Å². The monoisotopic (exact) mass is 387 g/mol. The number of benzene rings is 1. The number of rotatable bonds is 6. The molecule has 1 aromatic carbocycles. The zero-order valence-electron chi connectivity index (χ0n) is 18.2. The molecule has 0 aliphatic heterocycles. The van der Waals surface area contributed by atoms with Gasteiger partial charge in [0, 0.05) is 12.5 Å². The van der Waals surface area contributed by atoms with Crippen LogP contribution in [0.1, 0.15) is 52.8 Å². The van der Waals surface area contributed by atoms with Crippen LogP contribution in [0.25, 0.3) is 11.0 Å². The maximum Gasteiger partial charge on any atom is 0.348 e. The number of hydrogen-bond donors (Lipinski definition) is 0. The minimum absolute atomic E-state index is 0.0389. The normalized spacial score (nSPS) is 22.6. The van der Waals surface area contributed by atoms with Crippen LogP contribution in [-0.4, -0.2) is 23.8 Å². The third kappa shape index (κ3) is 4.03. The molecular formula is C23H35N2O3+. The number of imidazole rings is 1. The van der Waals surface area contributed by atoms with Crippen molar-refractivity contribution < 1.29 is 18.8 Å². The van der Waals surface area contributed by atoms with Crippen LogP contribution in [0, 0.1) is 17.8 Å². The molecule has 0 N–H and O–H groups in total. The minimum atomic E-state index is -0.132. The molecule has 0 amide bonds. The van der Waals surface area contributed by atoms with Crippen LogP contribution in [0.2, 0.25) is 0 Å². The van der Waals surface area contributed by atoms with Gasteiger partial charge in [0.25, 0.3) is 5.82 Å². The van der Waals surface area contributed by atoms with E-state index in [0.717, 1.165) is 41.9 Å². The number of methoxy groups -OCH3 is 1. The molecule has 5 nitrogen and oxygen atoms in total. The van der Waals surface area contributed by atoms with Crippen molar-refractivity contribution in [1.29, 1.82) is 0 Å². The Morgan fingerprint density at radius 2 is 2.07 bits per heavy atom. The van der Waals surface area contributed by atoms with Crippen LogP contribution in [0.3, 0.4) is 0 Å². The Balaban J connectivity index is 1.84. The van der Waals surface area contributed by atoms with Crippen molar-refractivity contribution in [3.8, 4) is 5.75 Å². The number of carbonyl (C=O) groups excluding carboxylic acids is 1. The van der Waals surface area contributed by atoms with Crippen LogP contribution in [-0.2, 0) is 29.5 Å². The van der Waals surface area contributed by atoms with E-state index in [9.17, 15) is 4.79 Å². The lowest BCUT2D eigenvalue weighted by atomic mass is 9.75. The van der Waals surface area contributed by atoms with Crippen molar-refractivity contribution in [2.45, 2.75) is 66.0 Å². The fourth-order valence-corrected chi connectivity index (χ4v) is 4.78. The Kier molecular flexibility index (Phi) is 6.31. The van der Waals surface area contributed by atoms with E-state index in [1.54, 1.807) is 7.11 Å². The topological polar surface area (TPSA) is 44.3 Å². The summed E-state index contributed by atoms with van der Waals surface area (Å²) in [6, 6.07) is 6.00. The van der Waals surface area contributed by atoms with Crippen LogP contribution in [0.15, 0.2) is 18.2 Å². The third-order valence-electron chi connectivity index (χ3n) is 6.38. The van der Waals surface area contributed by atoms with Gasteiger partial charge < -0.3 is 9.47 Å². The predicted molar refractivity (Wildman–Crippen MR) is 110 cm³/mol. The summed E-state index contributed by atoms with van der Waals surface area (Å²) in [6.45, 7) is 9.11. The van der Waals surface area contributed by atoms with E-state index >= 15 is 0 Å². The molecule has 5 heteroatoms. The van der Waals surface area contributed by atoms with Crippen LogP contribution < -0.4 is 9.30 Å². The molecule has 1 aliphatic carbocycles.